The van der Waals surface area contributed by atoms with Crippen molar-refractivity contribution in [1.82, 2.24) is 15.2 Å². The van der Waals surface area contributed by atoms with Crippen LogP contribution in [0, 0.1) is 0 Å². The van der Waals surface area contributed by atoms with Crippen LogP contribution in [-0.4, -0.2) is 41.2 Å². The molecule has 2 heterocycles. The number of nitrogens with one attached hydrogen (secondary N) is 1. The van der Waals surface area contributed by atoms with Crippen LogP contribution in [0.1, 0.15) is 18.2 Å². The third kappa shape index (κ3) is 3.87. The second-order valence-electron chi connectivity index (χ2n) is 5.03. The van der Waals surface area contributed by atoms with Gasteiger partial charge in [0.1, 0.15) is 0 Å². The average Bonchev–Trinajstić information content (AvgIpc) is 2.39. The second-order valence-corrected chi connectivity index (χ2v) is 6.33. The molecular weight excluding hydrogens is 278 g/mol. The molecule has 1 aliphatic heterocycles. The first-order chi connectivity index (χ1) is 9.01. The van der Waals surface area contributed by atoms with Crippen molar-refractivity contribution in [2.75, 3.05) is 25.4 Å². The molecule has 1 N–H and O–H groups in total. The molecule has 0 spiro atoms. The number of aromatic nitrogens is 1. The Balaban J connectivity index is 2.00. The smallest absolute Gasteiger partial charge is 0.234 e. The van der Waals surface area contributed by atoms with Crippen molar-refractivity contribution in [2.24, 2.45) is 0 Å². The van der Waals surface area contributed by atoms with E-state index < -0.39 is 0 Å². The van der Waals surface area contributed by atoms with Crippen molar-refractivity contribution in [3.8, 4) is 0 Å². The van der Waals surface area contributed by atoms with Gasteiger partial charge in [-0.15, -0.1) is 0 Å². The van der Waals surface area contributed by atoms with Gasteiger partial charge in [0.15, 0.2) is 0 Å². The minimum absolute atomic E-state index is 0.0841. The van der Waals surface area contributed by atoms with E-state index in [2.05, 4.69) is 40.5 Å². The fraction of sp³-hybridized carbons (Fsp3) is 0.538. The van der Waals surface area contributed by atoms with E-state index in [-0.39, 0.29) is 10.7 Å². The fourth-order valence-corrected chi connectivity index (χ4v) is 2.30. The molecule has 0 aromatic carbocycles. The number of pyridine rings is 1. The molecule has 1 atom stereocenters. The van der Waals surface area contributed by atoms with Gasteiger partial charge < -0.3 is 5.32 Å². The molecule has 4 nitrogen and oxygen atoms in total. The number of hydrogen-bond acceptors (Lipinski definition) is 5. The predicted octanol–water partition coefficient (Wildman–Crippen LogP) is 1.09. The number of nitrogens with zero attached hydrogens (tertiary/aromatic N) is 2. The van der Waals surface area contributed by atoms with Crippen molar-refractivity contribution >= 4 is 31.2 Å². The first-order valence-electron chi connectivity index (χ1n) is 6.29. The quantitative estimate of drug-likeness (QED) is 0.729. The molecule has 1 unspecified atom stereocenters. The Labute approximate surface area is 124 Å². The summed E-state index contributed by atoms with van der Waals surface area (Å²) in [4.78, 5) is 17.8. The maximum atomic E-state index is 11.3. The lowest BCUT2D eigenvalue weighted by Crippen LogP contribution is -2.47. The molecular formula is C13H19N3OS2. The summed E-state index contributed by atoms with van der Waals surface area (Å²) in [6, 6.07) is 4.04. The van der Waals surface area contributed by atoms with Crippen LogP contribution in [0.2, 0.25) is 0 Å². The lowest BCUT2D eigenvalue weighted by Gasteiger charge is -2.26. The van der Waals surface area contributed by atoms with Crippen molar-refractivity contribution in [2.45, 2.75) is 18.2 Å². The summed E-state index contributed by atoms with van der Waals surface area (Å²) in [5.74, 6) is 0.740. The first kappa shape index (κ1) is 14.7. The van der Waals surface area contributed by atoms with Gasteiger partial charge in [-0.2, -0.15) is 25.3 Å². The Morgan fingerprint density at radius 3 is 2.89 bits per heavy atom. The summed E-state index contributed by atoms with van der Waals surface area (Å²) in [5, 5.41) is 2.81. The van der Waals surface area contributed by atoms with Crippen LogP contribution in [0.3, 0.4) is 0 Å². The van der Waals surface area contributed by atoms with Gasteiger partial charge in [-0.3, -0.25) is 14.7 Å². The average molecular weight is 297 g/mol. The third-order valence-electron chi connectivity index (χ3n) is 3.26. The number of piperazine rings is 1. The molecule has 1 aromatic heterocycles. The molecule has 2 rings (SSSR count). The Morgan fingerprint density at radius 1 is 1.53 bits per heavy atom. The van der Waals surface area contributed by atoms with E-state index in [1.807, 2.05) is 25.3 Å². The lowest BCUT2D eigenvalue weighted by atomic mass is 10.0. The Kier molecular flexibility index (Phi) is 4.76. The number of amides is 1. The van der Waals surface area contributed by atoms with Crippen LogP contribution in [0.5, 0.6) is 0 Å². The largest absolute Gasteiger partial charge is 0.354 e. The van der Waals surface area contributed by atoms with Crippen molar-refractivity contribution < 1.29 is 4.79 Å². The van der Waals surface area contributed by atoms with Gasteiger partial charge in [0.2, 0.25) is 5.91 Å². The van der Waals surface area contributed by atoms with Gasteiger partial charge in [-0.25, -0.2) is 0 Å². The van der Waals surface area contributed by atoms with E-state index >= 15 is 0 Å². The van der Waals surface area contributed by atoms with Crippen LogP contribution in [0.15, 0.2) is 18.3 Å². The van der Waals surface area contributed by atoms with Gasteiger partial charge in [0.05, 0.1) is 12.2 Å². The van der Waals surface area contributed by atoms with Gasteiger partial charge in [0, 0.05) is 36.3 Å². The van der Waals surface area contributed by atoms with E-state index in [9.17, 15) is 4.79 Å². The zero-order chi connectivity index (χ0) is 13.9. The molecule has 1 aliphatic rings. The number of carbonyl (C=O) groups excluding carboxylic acids is 1. The normalized spacial score (nSPS) is 19.8. The standard InChI is InChI=1S/C13H19N3OS2/c1-13(19,9-18)10-2-3-11(15-6-10)7-16-5-4-14-12(17)8-16/h2-3,6,18-19H,4-5,7-9H2,1H3,(H,14,17). The van der Waals surface area contributed by atoms with Gasteiger partial charge in [0.25, 0.3) is 0 Å². The molecule has 0 bridgehead atoms. The third-order valence-corrected chi connectivity index (χ3v) is 4.56. The van der Waals surface area contributed by atoms with Crippen LogP contribution >= 0.6 is 25.3 Å². The molecule has 0 radical (unpaired) electrons. The molecule has 1 aromatic rings. The molecule has 104 valence electrons. The van der Waals surface area contributed by atoms with E-state index in [4.69, 9.17) is 0 Å². The molecule has 0 saturated carbocycles. The van der Waals surface area contributed by atoms with Crippen molar-refractivity contribution in [1.29, 1.82) is 0 Å². The minimum Gasteiger partial charge on any atom is -0.354 e. The Hall–Kier alpha value is -0.720. The van der Waals surface area contributed by atoms with Crippen LogP contribution in [0.25, 0.3) is 0 Å². The predicted molar refractivity (Wildman–Crippen MR) is 82.7 cm³/mol. The van der Waals surface area contributed by atoms with E-state index in [1.54, 1.807) is 0 Å². The summed E-state index contributed by atoms with van der Waals surface area (Å²) >= 11 is 8.87. The summed E-state index contributed by atoms with van der Waals surface area (Å²) in [7, 11) is 0. The topological polar surface area (TPSA) is 45.2 Å². The van der Waals surface area contributed by atoms with Crippen molar-refractivity contribution in [3.05, 3.63) is 29.6 Å². The highest BCUT2D eigenvalue weighted by molar-refractivity contribution is 7.85. The van der Waals surface area contributed by atoms with Gasteiger partial charge in [-0.1, -0.05) is 6.07 Å². The second kappa shape index (κ2) is 6.15. The summed E-state index contributed by atoms with van der Waals surface area (Å²) in [6.07, 6.45) is 1.85. The van der Waals surface area contributed by atoms with E-state index in [0.717, 1.165) is 17.8 Å². The van der Waals surface area contributed by atoms with Crippen LogP contribution < -0.4 is 5.32 Å². The Bertz CT molecular complexity index is 448. The maximum absolute atomic E-state index is 11.3. The van der Waals surface area contributed by atoms with Crippen LogP contribution in [0.4, 0.5) is 0 Å². The Morgan fingerprint density at radius 2 is 2.32 bits per heavy atom. The van der Waals surface area contributed by atoms with E-state index in [0.29, 0.717) is 25.4 Å². The number of carbonyl (C=O) groups is 1. The maximum Gasteiger partial charge on any atom is 0.234 e. The SMILES string of the molecule is CC(S)(CS)c1ccc(CN2CCNC(=O)C2)nc1. The zero-order valence-corrected chi connectivity index (χ0v) is 12.8. The van der Waals surface area contributed by atoms with Crippen molar-refractivity contribution in [3.63, 3.8) is 0 Å². The highest BCUT2D eigenvalue weighted by atomic mass is 32.1. The fourth-order valence-electron chi connectivity index (χ4n) is 1.98. The minimum atomic E-state index is -0.264. The molecule has 1 fully saturated rings. The molecule has 1 saturated heterocycles. The summed E-state index contributed by atoms with van der Waals surface area (Å²) < 4.78 is -0.264. The lowest BCUT2D eigenvalue weighted by molar-refractivity contribution is -0.124. The van der Waals surface area contributed by atoms with Gasteiger partial charge >= 0.3 is 0 Å². The first-order valence-corrected chi connectivity index (χ1v) is 7.37. The number of rotatable bonds is 4. The highest BCUT2D eigenvalue weighted by Crippen LogP contribution is 2.28. The summed E-state index contributed by atoms with van der Waals surface area (Å²) in [5.41, 5.74) is 2.03. The highest BCUT2D eigenvalue weighted by Gasteiger charge is 2.21. The monoisotopic (exact) mass is 297 g/mol. The summed E-state index contributed by atoms with van der Waals surface area (Å²) in [6.45, 7) is 4.76. The van der Waals surface area contributed by atoms with E-state index in [1.165, 1.54) is 0 Å². The van der Waals surface area contributed by atoms with Gasteiger partial charge in [-0.05, 0) is 18.6 Å². The molecule has 6 heteroatoms. The zero-order valence-electron chi connectivity index (χ0n) is 11.0. The molecule has 0 aliphatic carbocycles. The van der Waals surface area contributed by atoms with Crippen LogP contribution in [-0.2, 0) is 16.1 Å². The molecule has 1 amide bonds. The molecule has 19 heavy (non-hydrogen) atoms. The number of hydrogen-bond donors (Lipinski definition) is 3. The number of thiol groups is 2.